The number of hydrogen-bond donors (Lipinski definition) is 4. The quantitative estimate of drug-likeness (QED) is 0.0452. The van der Waals surface area contributed by atoms with Crippen molar-refractivity contribution in [2.45, 2.75) is 135 Å². The molecule has 61 heavy (non-hydrogen) atoms. The first-order chi connectivity index (χ1) is 28.8. The average molecular weight is 852 g/mol. The zero-order valence-corrected chi connectivity index (χ0v) is 35.7. The molecule has 334 valence electrons. The molecule has 5 N–H and O–H groups in total. The van der Waals surface area contributed by atoms with Crippen molar-refractivity contribution in [1.82, 2.24) is 15.5 Å². The number of nitrogens with two attached hydrogens (primary N) is 1. The Kier molecular flexibility index (Phi) is 17.3. The van der Waals surface area contributed by atoms with Gasteiger partial charge in [0.05, 0.1) is 23.6 Å². The molecule has 2 saturated carbocycles. The second-order valence-corrected chi connectivity index (χ2v) is 17.7. The van der Waals surface area contributed by atoms with Gasteiger partial charge in [0.15, 0.2) is 11.6 Å². The number of aromatic carboxylic acids is 1. The third-order valence-corrected chi connectivity index (χ3v) is 12.5. The van der Waals surface area contributed by atoms with E-state index >= 15 is 0 Å². The van der Waals surface area contributed by atoms with Crippen LogP contribution >= 0.6 is 0 Å². The van der Waals surface area contributed by atoms with Crippen molar-refractivity contribution in [3.8, 4) is 0 Å². The zero-order valence-electron chi connectivity index (χ0n) is 35.7. The molecule has 1 aliphatic heterocycles. The van der Waals surface area contributed by atoms with E-state index in [0.717, 1.165) is 88.5 Å². The SMILES string of the molecule is COC(=O)/C=C/CC[C@H](CC(=O)c1cc([N+](=O)[O-])ccc1C(=O)O)C(=O)N[C@H](C(=O)N1CC[C@H]1C(=O)N[C@H](C(=O)C[C@H](C(N)=O)C1CCCCC1)C1CCCCC1)C(C)(C)C. The molecule has 17 heteroatoms. The average Bonchev–Trinajstić information content (AvgIpc) is 3.20. The first-order valence-corrected chi connectivity index (χ1v) is 21.4. The standard InChI is InChI=1S/C44H61N5O12/c1-44(2,3)38(47-40(54)28(17-11-12-18-36(52)61-4)23-34(50)32-24-29(49(59)60)19-20-30(32)43(57)58)42(56)48-22-21-33(48)41(55)46-37(27-15-9-6-10-16-27)35(51)25-31(39(45)53)26-13-7-5-8-14-26/h12,18-20,24,26-28,31,33,37-38H,5-11,13-17,21-23,25H2,1-4H3,(H2,45,53)(H,46,55)(H,47,54)(H,57,58)/b18-12+/t28-,31+,33+,37+,38-/m1/s1. The van der Waals surface area contributed by atoms with Crippen LogP contribution in [0.15, 0.2) is 30.4 Å². The number of nitrogens with one attached hydrogen (secondary N) is 2. The molecule has 0 radical (unpaired) electrons. The van der Waals surface area contributed by atoms with E-state index in [-0.39, 0.29) is 43.4 Å². The van der Waals surface area contributed by atoms with E-state index in [0.29, 0.717) is 6.42 Å². The minimum absolute atomic E-state index is 0.0123. The molecule has 1 aromatic carbocycles. The number of carboxylic acids is 1. The van der Waals surface area contributed by atoms with Crippen LogP contribution in [0.3, 0.4) is 0 Å². The van der Waals surface area contributed by atoms with Crippen molar-refractivity contribution in [3.63, 3.8) is 0 Å². The van der Waals surface area contributed by atoms with Gasteiger partial charge in [0, 0.05) is 55.0 Å². The Morgan fingerprint density at radius 1 is 0.918 bits per heavy atom. The molecule has 3 fully saturated rings. The summed E-state index contributed by atoms with van der Waals surface area (Å²) < 4.78 is 4.61. The van der Waals surface area contributed by atoms with Crippen molar-refractivity contribution in [1.29, 1.82) is 0 Å². The molecule has 17 nitrogen and oxygen atoms in total. The summed E-state index contributed by atoms with van der Waals surface area (Å²) in [6.45, 7) is 5.33. The number of carbonyl (C=O) groups excluding carboxylic acids is 7. The molecule has 0 bridgehead atoms. The number of likely N-dealkylation sites (tertiary alicyclic amines) is 1. The summed E-state index contributed by atoms with van der Waals surface area (Å²) in [6, 6.07) is -0.271. The summed E-state index contributed by atoms with van der Waals surface area (Å²) in [5.41, 5.74) is 3.43. The minimum Gasteiger partial charge on any atom is -0.478 e. The van der Waals surface area contributed by atoms with Crippen LogP contribution in [0.1, 0.15) is 138 Å². The Bertz CT molecular complexity index is 1860. The summed E-state index contributed by atoms with van der Waals surface area (Å²) in [7, 11) is 1.19. The van der Waals surface area contributed by atoms with Crippen molar-refractivity contribution < 1.29 is 53.1 Å². The molecule has 2 aliphatic carbocycles. The maximum Gasteiger partial charge on any atom is 0.336 e. The number of non-ortho nitro benzene ring substituents is 1. The number of esters is 1. The van der Waals surface area contributed by atoms with Gasteiger partial charge >= 0.3 is 11.9 Å². The molecule has 4 amide bonds. The highest BCUT2D eigenvalue weighted by atomic mass is 16.6. The number of rotatable bonds is 20. The molecule has 1 saturated heterocycles. The number of ether oxygens (including phenoxy) is 1. The normalized spacial score (nSPS) is 19.4. The van der Waals surface area contributed by atoms with Gasteiger partial charge in [-0.1, -0.05) is 65.4 Å². The second kappa shape index (κ2) is 21.9. The van der Waals surface area contributed by atoms with Crippen molar-refractivity contribution in [2.75, 3.05) is 13.7 Å². The van der Waals surface area contributed by atoms with Gasteiger partial charge in [0.2, 0.25) is 23.6 Å². The molecule has 3 aliphatic rings. The monoisotopic (exact) mass is 851 g/mol. The molecule has 1 heterocycles. The highest BCUT2D eigenvalue weighted by molar-refractivity contribution is 6.07. The van der Waals surface area contributed by atoms with Crippen LogP contribution in [-0.2, 0) is 33.5 Å². The maximum atomic E-state index is 14.3. The van der Waals surface area contributed by atoms with Crippen LogP contribution in [0, 0.1) is 39.2 Å². The van der Waals surface area contributed by atoms with Crippen LogP contribution in [-0.4, -0.2) is 93.8 Å². The van der Waals surface area contributed by atoms with Crippen molar-refractivity contribution in [2.24, 2.45) is 34.8 Å². The lowest BCUT2D eigenvalue weighted by atomic mass is 9.75. The third-order valence-electron chi connectivity index (χ3n) is 12.5. The van der Waals surface area contributed by atoms with Crippen LogP contribution < -0.4 is 16.4 Å². The van der Waals surface area contributed by atoms with E-state index in [1.807, 2.05) is 0 Å². The van der Waals surface area contributed by atoms with Gasteiger partial charge in [-0.2, -0.15) is 0 Å². The van der Waals surface area contributed by atoms with Gasteiger partial charge in [0.25, 0.3) is 5.69 Å². The fourth-order valence-electron chi connectivity index (χ4n) is 8.82. The maximum absolute atomic E-state index is 14.3. The summed E-state index contributed by atoms with van der Waals surface area (Å²) in [5.74, 6) is -7.54. The first-order valence-electron chi connectivity index (χ1n) is 21.4. The summed E-state index contributed by atoms with van der Waals surface area (Å²) in [4.78, 5) is 119. The third kappa shape index (κ3) is 13.0. The highest BCUT2D eigenvalue weighted by Crippen LogP contribution is 2.35. The Balaban J connectivity index is 1.54. The van der Waals surface area contributed by atoms with Crippen LogP contribution in [0.2, 0.25) is 0 Å². The predicted molar refractivity (Wildman–Crippen MR) is 222 cm³/mol. The molecule has 1 aromatic rings. The van der Waals surface area contributed by atoms with Crippen molar-refractivity contribution >= 4 is 52.8 Å². The minimum atomic E-state index is -1.50. The van der Waals surface area contributed by atoms with Gasteiger partial charge in [-0.3, -0.25) is 38.9 Å². The number of nitrogens with zero attached hydrogens (tertiary/aromatic N) is 2. The molecule has 5 atom stereocenters. The number of nitro groups is 1. The van der Waals surface area contributed by atoms with Gasteiger partial charge in [-0.05, 0) is 68.3 Å². The summed E-state index contributed by atoms with van der Waals surface area (Å²) in [6.07, 6.45) is 11.2. The fraction of sp³-hybridized carbons (Fsp3) is 0.636. The predicted octanol–water partition coefficient (Wildman–Crippen LogP) is 4.83. The first kappa shape index (κ1) is 48.2. The molecule has 0 aromatic heterocycles. The Labute approximate surface area is 356 Å². The number of carbonyl (C=O) groups is 8. The molecule has 0 unspecified atom stereocenters. The van der Waals surface area contributed by atoms with E-state index in [2.05, 4.69) is 15.4 Å². The van der Waals surface area contributed by atoms with E-state index < -0.39 is 105 Å². The van der Waals surface area contributed by atoms with Crippen LogP contribution in [0.4, 0.5) is 5.69 Å². The largest absolute Gasteiger partial charge is 0.478 e. The number of amides is 4. The molecular formula is C44H61N5O12. The fourth-order valence-corrected chi connectivity index (χ4v) is 8.82. The van der Waals surface area contributed by atoms with E-state index in [1.54, 1.807) is 20.8 Å². The summed E-state index contributed by atoms with van der Waals surface area (Å²) in [5, 5.41) is 27.0. The van der Waals surface area contributed by atoms with Gasteiger partial charge in [-0.25, -0.2) is 9.59 Å². The highest BCUT2D eigenvalue weighted by Gasteiger charge is 2.46. The number of primary amides is 1. The van der Waals surface area contributed by atoms with Gasteiger partial charge in [-0.15, -0.1) is 0 Å². The number of methoxy groups -OCH3 is 1. The Hall–Kier alpha value is -5.48. The molecule has 0 spiro atoms. The number of benzene rings is 1. The van der Waals surface area contributed by atoms with Crippen molar-refractivity contribution in [3.05, 3.63) is 51.6 Å². The smallest absolute Gasteiger partial charge is 0.336 e. The lowest BCUT2D eigenvalue weighted by molar-refractivity contribution is -0.384. The zero-order chi connectivity index (χ0) is 45.0. The van der Waals surface area contributed by atoms with E-state index in [4.69, 9.17) is 5.73 Å². The number of Topliss-reactive ketones (excluding diaryl/α,β-unsaturated/α-hetero) is 2. The Morgan fingerprint density at radius 3 is 2.07 bits per heavy atom. The Morgan fingerprint density at radius 2 is 1.54 bits per heavy atom. The second-order valence-electron chi connectivity index (χ2n) is 17.7. The number of ketones is 2. The number of hydrogen-bond acceptors (Lipinski definition) is 11. The van der Waals surface area contributed by atoms with Gasteiger partial charge < -0.3 is 31.1 Å². The molecular weight excluding hydrogens is 791 g/mol. The van der Waals surface area contributed by atoms with Crippen LogP contribution in [0.25, 0.3) is 0 Å². The number of allylic oxidation sites excluding steroid dienone is 1. The van der Waals surface area contributed by atoms with Gasteiger partial charge in [0.1, 0.15) is 12.1 Å². The van der Waals surface area contributed by atoms with Crippen LogP contribution in [0.5, 0.6) is 0 Å². The molecule has 4 rings (SSSR count). The number of nitro benzene ring substituents is 1. The lowest BCUT2D eigenvalue weighted by Crippen LogP contribution is -2.66. The lowest BCUT2D eigenvalue weighted by Gasteiger charge is -2.45. The summed E-state index contributed by atoms with van der Waals surface area (Å²) >= 11 is 0. The number of carboxylic acid groups (broad SMARTS) is 1. The van der Waals surface area contributed by atoms with E-state index in [9.17, 15) is 53.6 Å². The topological polar surface area (TPSA) is 262 Å². The van der Waals surface area contributed by atoms with E-state index in [1.165, 1.54) is 18.1 Å².